The van der Waals surface area contributed by atoms with E-state index in [4.69, 9.17) is 10.5 Å². The van der Waals surface area contributed by atoms with Crippen molar-refractivity contribution in [2.24, 2.45) is 0 Å². The molecule has 2 N–H and O–H groups in total. The molecule has 0 radical (unpaired) electrons. The third-order valence-corrected chi connectivity index (χ3v) is 4.52. The summed E-state index contributed by atoms with van der Waals surface area (Å²) in [7, 11) is 0. The number of para-hydroxylation sites is 1. The number of nitrogens with zero attached hydrogens (tertiary/aromatic N) is 3. The van der Waals surface area contributed by atoms with Crippen LogP contribution in [0.15, 0.2) is 24.3 Å². The van der Waals surface area contributed by atoms with Gasteiger partial charge in [0.25, 0.3) is 0 Å². The minimum absolute atomic E-state index is 0. The smallest absolute Gasteiger partial charge is 0.240 e. The summed E-state index contributed by atoms with van der Waals surface area (Å²) in [5, 5.41) is 24.8. The van der Waals surface area contributed by atoms with E-state index in [0.717, 1.165) is 18.5 Å². The van der Waals surface area contributed by atoms with E-state index in [0.29, 0.717) is 25.1 Å². The quantitative estimate of drug-likeness (QED) is 0.868. The lowest BCUT2D eigenvalue weighted by molar-refractivity contribution is -0.133. The number of rotatable bonds is 3. The number of halogens is 1. The van der Waals surface area contributed by atoms with E-state index < -0.39 is 0 Å². The van der Waals surface area contributed by atoms with Crippen molar-refractivity contribution in [3.05, 3.63) is 29.8 Å². The Morgan fingerprint density at radius 3 is 2.88 bits per heavy atom. The highest BCUT2D eigenvalue weighted by Gasteiger charge is 2.37. The van der Waals surface area contributed by atoms with Gasteiger partial charge >= 0.3 is 0 Å². The third kappa shape index (κ3) is 3.62. The zero-order chi connectivity index (χ0) is 16.2. The monoisotopic (exact) mass is 345 g/mol. The summed E-state index contributed by atoms with van der Waals surface area (Å²) in [5.41, 5.74) is 1.40. The summed E-state index contributed by atoms with van der Waals surface area (Å²) >= 11 is 0. The fraction of sp³-hybridized carbons (Fsp3) is 0.471. The molecule has 0 bridgehead atoms. The van der Waals surface area contributed by atoms with Crippen molar-refractivity contribution in [2.75, 3.05) is 18.4 Å². The predicted octanol–water partition coefficient (Wildman–Crippen LogP) is 1.64. The van der Waals surface area contributed by atoms with Crippen LogP contribution in [0.1, 0.15) is 24.8 Å². The summed E-state index contributed by atoms with van der Waals surface area (Å²) in [6.07, 6.45) is 2.33. The van der Waals surface area contributed by atoms with Gasteiger partial charge in [-0.2, -0.15) is 10.5 Å². The second-order valence-corrected chi connectivity index (χ2v) is 6.01. The van der Waals surface area contributed by atoms with E-state index in [1.54, 1.807) is 11.0 Å². The molecule has 0 spiro atoms. The molecule has 3 atom stereocenters. The number of likely N-dealkylation sites (tertiary alicyclic amines) is 1. The minimum Gasteiger partial charge on any atom is -0.380 e. The molecule has 0 aliphatic carbocycles. The fourth-order valence-electron chi connectivity index (χ4n) is 3.33. The third-order valence-electron chi connectivity index (χ3n) is 4.52. The van der Waals surface area contributed by atoms with Crippen LogP contribution in [-0.4, -0.2) is 42.0 Å². The standard InChI is InChI=1S/C17H19N5O.ClH/c18-9-12-4-1-2-6-15(12)21-13-8-16(20-11-13)17(23)22-7-3-5-14(22)10-19;/h1-2,4,6,13-14,16,20-21H,3,5,7-8,11H2;1H/t13-,14?,16-;/m0./s1. The van der Waals surface area contributed by atoms with Crippen LogP contribution in [0.4, 0.5) is 5.69 Å². The lowest BCUT2D eigenvalue weighted by Gasteiger charge is -2.23. The average molecular weight is 346 g/mol. The van der Waals surface area contributed by atoms with Gasteiger partial charge in [-0.15, -0.1) is 12.4 Å². The van der Waals surface area contributed by atoms with Crippen molar-refractivity contribution >= 4 is 24.0 Å². The number of carbonyl (C=O) groups is 1. The van der Waals surface area contributed by atoms with E-state index in [1.165, 1.54) is 0 Å². The first kappa shape index (κ1) is 18.1. The summed E-state index contributed by atoms with van der Waals surface area (Å²) < 4.78 is 0. The largest absolute Gasteiger partial charge is 0.380 e. The normalized spacial score (nSPS) is 25.4. The van der Waals surface area contributed by atoms with Gasteiger partial charge in [-0.3, -0.25) is 4.79 Å². The Kier molecular flexibility index (Phi) is 6.03. The topological polar surface area (TPSA) is 91.9 Å². The molecule has 2 heterocycles. The number of nitrogens with one attached hydrogen (secondary N) is 2. The van der Waals surface area contributed by atoms with Gasteiger partial charge in [-0.25, -0.2) is 0 Å². The van der Waals surface area contributed by atoms with Crippen molar-refractivity contribution in [1.29, 1.82) is 10.5 Å². The molecule has 3 rings (SSSR count). The SMILES string of the molecule is Cl.N#Cc1ccccc1N[C@@H]1CN[C@H](C(=O)N2CCCC2C#N)C1. The molecule has 1 aromatic carbocycles. The molecule has 1 amide bonds. The highest BCUT2D eigenvalue weighted by molar-refractivity contribution is 5.85. The zero-order valence-corrected chi connectivity index (χ0v) is 14.1. The van der Waals surface area contributed by atoms with Gasteiger partial charge in [-0.1, -0.05) is 12.1 Å². The van der Waals surface area contributed by atoms with Gasteiger partial charge in [0, 0.05) is 19.1 Å². The maximum atomic E-state index is 12.6. The van der Waals surface area contributed by atoms with Crippen LogP contribution in [0.25, 0.3) is 0 Å². The Bertz CT molecular complexity index is 680. The van der Waals surface area contributed by atoms with Gasteiger partial charge in [0.1, 0.15) is 12.1 Å². The van der Waals surface area contributed by atoms with Crippen LogP contribution < -0.4 is 10.6 Å². The highest BCUT2D eigenvalue weighted by atomic mass is 35.5. The summed E-state index contributed by atoms with van der Waals surface area (Å²) in [5.74, 6) is 0.0203. The first-order chi connectivity index (χ1) is 11.2. The molecular formula is C17H20ClN5O. The highest BCUT2D eigenvalue weighted by Crippen LogP contribution is 2.22. The lowest BCUT2D eigenvalue weighted by Crippen LogP contribution is -2.45. The number of carbonyl (C=O) groups excluding carboxylic acids is 1. The summed E-state index contributed by atoms with van der Waals surface area (Å²) in [4.78, 5) is 14.3. The van der Waals surface area contributed by atoms with Crippen LogP contribution in [-0.2, 0) is 4.79 Å². The second kappa shape index (κ2) is 8.01. The van der Waals surface area contributed by atoms with E-state index in [-0.39, 0.29) is 36.4 Å². The fourth-order valence-corrected chi connectivity index (χ4v) is 3.33. The Balaban J connectivity index is 0.00000208. The molecule has 2 aliphatic heterocycles. The first-order valence-electron chi connectivity index (χ1n) is 7.92. The van der Waals surface area contributed by atoms with Gasteiger partial charge in [0.15, 0.2) is 0 Å². The molecule has 2 saturated heterocycles. The van der Waals surface area contributed by atoms with E-state index in [9.17, 15) is 4.79 Å². The molecule has 0 saturated carbocycles. The number of nitriles is 2. The number of benzene rings is 1. The molecule has 2 fully saturated rings. The average Bonchev–Trinajstić information content (AvgIpc) is 3.23. The Morgan fingerprint density at radius 1 is 1.33 bits per heavy atom. The van der Waals surface area contributed by atoms with Gasteiger partial charge < -0.3 is 15.5 Å². The predicted molar refractivity (Wildman–Crippen MR) is 92.6 cm³/mol. The van der Waals surface area contributed by atoms with Crippen LogP contribution in [0.3, 0.4) is 0 Å². The van der Waals surface area contributed by atoms with Crippen LogP contribution >= 0.6 is 12.4 Å². The van der Waals surface area contributed by atoms with E-state index in [1.807, 2.05) is 18.2 Å². The Hall–Kier alpha value is -2.28. The minimum atomic E-state index is -0.282. The maximum Gasteiger partial charge on any atom is 0.240 e. The van der Waals surface area contributed by atoms with Crippen LogP contribution in [0, 0.1) is 22.7 Å². The van der Waals surface area contributed by atoms with Crippen LogP contribution in [0.2, 0.25) is 0 Å². The number of amides is 1. The zero-order valence-electron chi connectivity index (χ0n) is 13.2. The summed E-state index contributed by atoms with van der Waals surface area (Å²) in [6.45, 7) is 1.34. The van der Waals surface area contributed by atoms with Gasteiger partial charge in [0.2, 0.25) is 5.91 Å². The van der Waals surface area contributed by atoms with Crippen molar-refractivity contribution in [2.45, 2.75) is 37.4 Å². The molecule has 6 nitrogen and oxygen atoms in total. The molecular weight excluding hydrogens is 326 g/mol. The van der Waals surface area contributed by atoms with E-state index >= 15 is 0 Å². The summed E-state index contributed by atoms with van der Waals surface area (Å²) in [6, 6.07) is 11.3. The van der Waals surface area contributed by atoms with Gasteiger partial charge in [0.05, 0.1) is 23.4 Å². The van der Waals surface area contributed by atoms with Crippen LogP contribution in [0.5, 0.6) is 0 Å². The Morgan fingerprint density at radius 2 is 2.12 bits per heavy atom. The van der Waals surface area contributed by atoms with Crippen molar-refractivity contribution in [3.63, 3.8) is 0 Å². The maximum absolute atomic E-state index is 12.6. The molecule has 7 heteroatoms. The molecule has 24 heavy (non-hydrogen) atoms. The van der Waals surface area contributed by atoms with Crippen molar-refractivity contribution < 1.29 is 4.79 Å². The number of hydrogen-bond acceptors (Lipinski definition) is 5. The number of hydrogen-bond donors (Lipinski definition) is 2. The van der Waals surface area contributed by atoms with Gasteiger partial charge in [-0.05, 0) is 31.4 Å². The number of anilines is 1. The molecule has 2 aliphatic rings. The van der Waals surface area contributed by atoms with Crippen molar-refractivity contribution in [3.8, 4) is 12.1 Å². The van der Waals surface area contributed by atoms with E-state index in [2.05, 4.69) is 22.8 Å². The molecule has 1 unspecified atom stereocenters. The lowest BCUT2D eigenvalue weighted by atomic mass is 10.1. The van der Waals surface area contributed by atoms with Crippen molar-refractivity contribution in [1.82, 2.24) is 10.2 Å². The Labute approximate surface area is 147 Å². The molecule has 0 aromatic heterocycles. The molecule has 126 valence electrons. The second-order valence-electron chi connectivity index (χ2n) is 6.01. The first-order valence-corrected chi connectivity index (χ1v) is 7.92. The molecule has 1 aromatic rings.